The highest BCUT2D eigenvalue weighted by Crippen LogP contribution is 2.26. The number of rotatable bonds is 6. The predicted octanol–water partition coefficient (Wildman–Crippen LogP) is 6.22. The first-order valence-electron chi connectivity index (χ1n) is 11.5. The van der Waals surface area contributed by atoms with E-state index in [0.29, 0.717) is 27.3 Å². The number of hydrogen-bond donors (Lipinski definition) is 0. The second-order valence-electron chi connectivity index (χ2n) is 8.70. The highest BCUT2D eigenvalue weighted by Gasteiger charge is 2.19. The lowest BCUT2D eigenvalue weighted by molar-refractivity contribution is 0.102. The number of fused-ring (bicyclic) bond motifs is 1. The first-order chi connectivity index (χ1) is 17.3. The van der Waals surface area contributed by atoms with E-state index in [-0.39, 0.29) is 17.1 Å². The van der Waals surface area contributed by atoms with Crippen molar-refractivity contribution in [3.8, 4) is 11.4 Å². The summed E-state index contributed by atoms with van der Waals surface area (Å²) >= 11 is 1.20. The number of carbonyl (C=O) groups is 1. The fourth-order valence-corrected chi connectivity index (χ4v) is 5.27. The van der Waals surface area contributed by atoms with Crippen LogP contribution >= 0.6 is 11.8 Å². The minimum Gasteiger partial charge on any atom is -0.318 e. The lowest BCUT2D eigenvalue weighted by Gasteiger charge is -2.13. The summed E-state index contributed by atoms with van der Waals surface area (Å²) in [5, 5.41) is 0.838. The minimum atomic E-state index is -0.395. The largest absolute Gasteiger partial charge is 0.318 e. The van der Waals surface area contributed by atoms with Gasteiger partial charge in [0.25, 0.3) is 5.56 Å². The molecule has 2 aromatic heterocycles. The molecule has 0 amide bonds. The maximum atomic E-state index is 13.6. The van der Waals surface area contributed by atoms with E-state index in [1.54, 1.807) is 18.2 Å². The van der Waals surface area contributed by atoms with Crippen molar-refractivity contribution in [2.75, 3.05) is 5.75 Å². The lowest BCUT2D eigenvalue weighted by Crippen LogP contribution is -2.22. The zero-order valence-electron chi connectivity index (χ0n) is 20.2. The van der Waals surface area contributed by atoms with E-state index in [1.165, 1.54) is 46.2 Å². The van der Waals surface area contributed by atoms with E-state index in [4.69, 9.17) is 0 Å². The Hall–Kier alpha value is -3.97. The third-order valence-corrected chi connectivity index (χ3v) is 7.12. The van der Waals surface area contributed by atoms with E-state index >= 15 is 0 Å². The average Bonchev–Trinajstić information content (AvgIpc) is 3.18. The minimum absolute atomic E-state index is 0.0560. The molecule has 5 aromatic rings. The zero-order chi connectivity index (χ0) is 25.4. The van der Waals surface area contributed by atoms with Crippen LogP contribution in [0.4, 0.5) is 4.39 Å². The maximum absolute atomic E-state index is 13.6. The monoisotopic (exact) mass is 497 g/mol. The van der Waals surface area contributed by atoms with Crippen LogP contribution in [0.1, 0.15) is 27.3 Å². The van der Waals surface area contributed by atoms with Crippen LogP contribution in [0.15, 0.2) is 88.8 Å². The Labute approximate surface area is 212 Å². The molecule has 0 atom stereocenters. The SMILES string of the molecule is Cc1ccc(-n2c(C)cc(C(=O)CSc3nc4ccccc4c(=O)n3-c3ccc(F)cc3)c2C)cc1. The van der Waals surface area contributed by atoms with Crippen molar-refractivity contribution in [3.05, 3.63) is 118 Å². The Kier molecular flexibility index (Phi) is 6.33. The number of carbonyl (C=O) groups excluding carboxylic acids is 1. The van der Waals surface area contributed by atoms with Gasteiger partial charge in [-0.2, -0.15) is 0 Å². The summed E-state index contributed by atoms with van der Waals surface area (Å²) in [5.41, 5.74) is 5.42. The molecule has 0 aliphatic carbocycles. The van der Waals surface area contributed by atoms with E-state index in [1.807, 2.05) is 57.2 Å². The molecule has 180 valence electrons. The molecule has 36 heavy (non-hydrogen) atoms. The standard InChI is InChI=1S/C29H24FN3O2S/c1-18-8-12-22(13-9-18)32-19(2)16-25(20(32)3)27(34)17-36-29-31-26-7-5-4-6-24(26)28(35)33(29)23-14-10-21(30)11-15-23/h4-16H,17H2,1-3H3. The smallest absolute Gasteiger partial charge is 0.266 e. The van der Waals surface area contributed by atoms with Crippen molar-refractivity contribution < 1.29 is 9.18 Å². The Morgan fingerprint density at radius 3 is 2.25 bits per heavy atom. The number of Topliss-reactive ketones (excluding diaryl/α,β-unsaturated/α-hetero) is 1. The molecule has 5 rings (SSSR count). The van der Waals surface area contributed by atoms with Crippen molar-refractivity contribution in [1.82, 2.24) is 14.1 Å². The molecule has 0 fully saturated rings. The molecule has 0 saturated carbocycles. The molecule has 0 bridgehead atoms. The van der Waals surface area contributed by atoms with Crippen LogP contribution < -0.4 is 5.56 Å². The first-order valence-corrected chi connectivity index (χ1v) is 12.5. The van der Waals surface area contributed by atoms with Gasteiger partial charge in [-0.1, -0.05) is 41.6 Å². The van der Waals surface area contributed by atoms with Crippen molar-refractivity contribution >= 4 is 28.4 Å². The van der Waals surface area contributed by atoms with Crippen LogP contribution in [0, 0.1) is 26.6 Å². The van der Waals surface area contributed by atoms with Gasteiger partial charge in [-0.3, -0.25) is 14.2 Å². The number of thioether (sulfide) groups is 1. The topological polar surface area (TPSA) is 56.9 Å². The third-order valence-electron chi connectivity index (χ3n) is 6.19. The van der Waals surface area contributed by atoms with Gasteiger partial charge in [0.15, 0.2) is 10.9 Å². The van der Waals surface area contributed by atoms with Crippen molar-refractivity contribution in [1.29, 1.82) is 0 Å². The first kappa shape index (κ1) is 23.8. The van der Waals surface area contributed by atoms with Gasteiger partial charge in [0.05, 0.1) is 22.3 Å². The highest BCUT2D eigenvalue weighted by molar-refractivity contribution is 7.99. The van der Waals surface area contributed by atoms with Gasteiger partial charge in [0, 0.05) is 22.6 Å². The highest BCUT2D eigenvalue weighted by atomic mass is 32.2. The summed E-state index contributed by atoms with van der Waals surface area (Å²) in [5.74, 6) is -0.349. The summed E-state index contributed by atoms with van der Waals surface area (Å²) in [6.45, 7) is 5.96. The number of hydrogen-bond acceptors (Lipinski definition) is 4. The van der Waals surface area contributed by atoms with E-state index in [2.05, 4.69) is 9.55 Å². The molecule has 5 nitrogen and oxygen atoms in total. The van der Waals surface area contributed by atoms with Crippen LogP contribution in [0.5, 0.6) is 0 Å². The van der Waals surface area contributed by atoms with Gasteiger partial charge in [0.2, 0.25) is 0 Å². The summed E-state index contributed by atoms with van der Waals surface area (Å²) in [6, 6.07) is 22.8. The number of aromatic nitrogens is 3. The average molecular weight is 498 g/mol. The molecule has 3 aromatic carbocycles. The number of nitrogens with zero attached hydrogens (tertiary/aromatic N) is 3. The summed E-state index contributed by atoms with van der Waals surface area (Å²) in [6.07, 6.45) is 0. The van der Waals surface area contributed by atoms with Crippen LogP contribution in [0.2, 0.25) is 0 Å². The number of halogens is 1. The molecular weight excluding hydrogens is 473 g/mol. The zero-order valence-corrected chi connectivity index (χ0v) is 21.0. The summed E-state index contributed by atoms with van der Waals surface area (Å²) in [4.78, 5) is 31.4. The van der Waals surface area contributed by atoms with Gasteiger partial charge < -0.3 is 4.57 Å². The molecule has 0 spiro atoms. The van der Waals surface area contributed by atoms with Gasteiger partial charge in [-0.25, -0.2) is 9.37 Å². The molecule has 0 radical (unpaired) electrons. The fourth-order valence-electron chi connectivity index (χ4n) is 4.37. The Morgan fingerprint density at radius 1 is 0.889 bits per heavy atom. The molecule has 0 aliphatic heterocycles. The fraction of sp³-hybridized carbons (Fsp3) is 0.138. The summed E-state index contributed by atoms with van der Waals surface area (Å²) in [7, 11) is 0. The van der Waals surface area contributed by atoms with Gasteiger partial charge >= 0.3 is 0 Å². The third kappa shape index (κ3) is 4.38. The van der Waals surface area contributed by atoms with Crippen LogP contribution in [-0.2, 0) is 0 Å². The molecular formula is C29H24FN3O2S. The van der Waals surface area contributed by atoms with Gasteiger partial charge in [0.1, 0.15) is 5.82 Å². The van der Waals surface area contributed by atoms with Crippen LogP contribution in [0.25, 0.3) is 22.3 Å². The summed E-state index contributed by atoms with van der Waals surface area (Å²) < 4.78 is 17.1. The molecule has 0 unspecified atom stereocenters. The van der Waals surface area contributed by atoms with Crippen LogP contribution in [0.3, 0.4) is 0 Å². The quantitative estimate of drug-likeness (QED) is 0.159. The van der Waals surface area contributed by atoms with E-state index in [9.17, 15) is 14.0 Å². The van der Waals surface area contributed by atoms with Gasteiger partial charge in [-0.05, 0) is 75.4 Å². The van der Waals surface area contributed by atoms with E-state index < -0.39 is 5.82 Å². The molecule has 0 N–H and O–H groups in total. The van der Waals surface area contributed by atoms with Crippen molar-refractivity contribution in [2.24, 2.45) is 0 Å². The maximum Gasteiger partial charge on any atom is 0.266 e. The molecule has 7 heteroatoms. The van der Waals surface area contributed by atoms with Crippen molar-refractivity contribution in [3.63, 3.8) is 0 Å². The molecule has 2 heterocycles. The second kappa shape index (κ2) is 9.59. The second-order valence-corrected chi connectivity index (χ2v) is 9.64. The number of benzene rings is 3. The normalized spacial score (nSPS) is 11.2. The Balaban J connectivity index is 1.50. The Bertz CT molecular complexity index is 1650. The molecule has 0 saturated heterocycles. The lowest BCUT2D eigenvalue weighted by atomic mass is 10.2. The molecule has 0 aliphatic rings. The van der Waals surface area contributed by atoms with E-state index in [0.717, 1.165) is 17.1 Å². The number of aryl methyl sites for hydroxylation is 2. The Morgan fingerprint density at radius 2 is 1.53 bits per heavy atom. The predicted molar refractivity (Wildman–Crippen MR) is 142 cm³/mol. The van der Waals surface area contributed by atoms with Gasteiger partial charge in [-0.15, -0.1) is 0 Å². The van der Waals surface area contributed by atoms with Crippen molar-refractivity contribution in [2.45, 2.75) is 25.9 Å². The number of ketones is 1. The van der Waals surface area contributed by atoms with Crippen LogP contribution in [-0.4, -0.2) is 25.7 Å². The number of para-hydroxylation sites is 1.